The lowest BCUT2D eigenvalue weighted by molar-refractivity contribution is -0.119. The summed E-state index contributed by atoms with van der Waals surface area (Å²) >= 11 is 6.62. The van der Waals surface area contributed by atoms with Crippen LogP contribution in [0.1, 0.15) is 16.8 Å². The summed E-state index contributed by atoms with van der Waals surface area (Å²) in [6, 6.07) is 13.1. The molecule has 0 saturated heterocycles. The number of primary amides is 1. The molecule has 0 aliphatic carbocycles. The van der Waals surface area contributed by atoms with Gasteiger partial charge in [-0.25, -0.2) is 0 Å². The summed E-state index contributed by atoms with van der Waals surface area (Å²) in [7, 11) is -1.26. The second-order valence-electron chi connectivity index (χ2n) is 5.24. The Morgan fingerprint density at radius 3 is 2.24 bits per heavy atom. The molecule has 0 aromatic heterocycles. The molecule has 2 aromatic rings. The van der Waals surface area contributed by atoms with Gasteiger partial charge in [0.1, 0.15) is 6.04 Å². The maximum Gasteiger partial charge on any atom is 0.252 e. The van der Waals surface area contributed by atoms with E-state index >= 15 is 0 Å². The Labute approximate surface area is 165 Å². The van der Waals surface area contributed by atoms with Gasteiger partial charge in [0.15, 0.2) is 0 Å². The molecule has 2 atom stereocenters. The van der Waals surface area contributed by atoms with E-state index in [1.807, 2.05) is 6.07 Å². The van der Waals surface area contributed by atoms with Crippen molar-refractivity contribution in [2.24, 2.45) is 5.73 Å². The minimum atomic E-state index is -1.26. The van der Waals surface area contributed by atoms with Crippen LogP contribution in [-0.4, -0.2) is 27.8 Å². The monoisotopic (exact) mass is 486 g/mol. The third-order valence-electron chi connectivity index (χ3n) is 3.37. The molecule has 0 aliphatic rings. The summed E-state index contributed by atoms with van der Waals surface area (Å²) in [4.78, 5) is 24.7. The number of halogens is 2. The molecular weight excluding hydrogens is 472 g/mol. The molecule has 2 amide bonds. The Balaban J connectivity index is 2.02. The van der Waals surface area contributed by atoms with Gasteiger partial charge in [-0.1, -0.05) is 50.1 Å². The summed E-state index contributed by atoms with van der Waals surface area (Å²) in [5.74, 6) is -0.858. The molecular formula is C17H16Br2N2O3S. The fourth-order valence-corrected chi connectivity index (χ4v) is 4.57. The number of hydrogen-bond donors (Lipinski definition) is 2. The lowest BCUT2D eigenvalue weighted by atomic mass is 10.1. The zero-order valence-corrected chi connectivity index (χ0v) is 17.1. The van der Waals surface area contributed by atoms with Crippen LogP contribution in [0.2, 0.25) is 0 Å². The van der Waals surface area contributed by atoms with Gasteiger partial charge in [-0.15, -0.1) is 0 Å². The molecule has 0 spiro atoms. The molecule has 0 fully saturated rings. The first-order valence-corrected chi connectivity index (χ1v) is 10.3. The molecule has 2 aromatic carbocycles. The highest BCUT2D eigenvalue weighted by Gasteiger charge is 2.20. The van der Waals surface area contributed by atoms with Gasteiger partial charge in [0, 0.05) is 25.2 Å². The van der Waals surface area contributed by atoms with Crippen LogP contribution in [0.5, 0.6) is 0 Å². The van der Waals surface area contributed by atoms with Crippen molar-refractivity contribution in [3.63, 3.8) is 0 Å². The van der Waals surface area contributed by atoms with Crippen LogP contribution in [-0.2, 0) is 15.6 Å². The SMILES string of the molecule is NC(=O)[C@@H](CC[S@@](=O)c1ccccc1)NC(=O)c1cc(Br)cc(Br)c1. The van der Waals surface area contributed by atoms with Crippen molar-refractivity contribution in [3.05, 3.63) is 63.0 Å². The highest BCUT2D eigenvalue weighted by Crippen LogP contribution is 2.20. The van der Waals surface area contributed by atoms with Crippen LogP contribution in [0, 0.1) is 0 Å². The zero-order chi connectivity index (χ0) is 18.4. The third-order valence-corrected chi connectivity index (χ3v) is 5.69. The molecule has 2 rings (SSSR count). The standard InChI is InChI=1S/C17H16Br2N2O3S/c18-12-8-11(9-13(19)10-12)17(23)21-15(16(20)22)6-7-25(24)14-4-2-1-3-5-14/h1-5,8-10,15H,6-7H2,(H2,20,22)(H,21,23)/t15-,25-/m1/s1. The van der Waals surface area contributed by atoms with E-state index in [-0.39, 0.29) is 12.2 Å². The molecule has 0 aliphatic heterocycles. The average molecular weight is 488 g/mol. The van der Waals surface area contributed by atoms with Gasteiger partial charge in [0.25, 0.3) is 5.91 Å². The Morgan fingerprint density at radius 1 is 1.08 bits per heavy atom. The van der Waals surface area contributed by atoms with Gasteiger partial charge in [-0.2, -0.15) is 0 Å². The normalized spacial score (nSPS) is 13.0. The number of rotatable bonds is 7. The fraction of sp³-hybridized carbons (Fsp3) is 0.176. The molecule has 0 bridgehead atoms. The van der Waals surface area contributed by atoms with Gasteiger partial charge < -0.3 is 11.1 Å². The lowest BCUT2D eigenvalue weighted by Gasteiger charge is -2.15. The smallest absolute Gasteiger partial charge is 0.252 e. The molecule has 5 nitrogen and oxygen atoms in total. The summed E-state index contributed by atoms with van der Waals surface area (Å²) in [6.45, 7) is 0. The van der Waals surface area contributed by atoms with E-state index in [0.717, 1.165) is 8.95 Å². The molecule has 132 valence electrons. The van der Waals surface area contributed by atoms with Gasteiger partial charge >= 0.3 is 0 Å². The van der Waals surface area contributed by atoms with Crippen molar-refractivity contribution in [2.75, 3.05) is 5.75 Å². The Kier molecular flexibility index (Phi) is 7.34. The summed E-state index contributed by atoms with van der Waals surface area (Å²) in [5, 5.41) is 2.60. The molecule has 25 heavy (non-hydrogen) atoms. The predicted octanol–water partition coefficient (Wildman–Crippen LogP) is 2.99. The van der Waals surface area contributed by atoms with Crippen molar-refractivity contribution in [2.45, 2.75) is 17.4 Å². The fourth-order valence-electron chi connectivity index (χ4n) is 2.13. The zero-order valence-electron chi connectivity index (χ0n) is 13.1. The van der Waals surface area contributed by atoms with Gasteiger partial charge in [0.05, 0.1) is 10.8 Å². The Bertz CT molecular complexity index is 779. The minimum absolute atomic E-state index is 0.192. The second kappa shape index (κ2) is 9.26. The maximum absolute atomic E-state index is 12.3. The van der Waals surface area contributed by atoms with Crippen LogP contribution in [0.3, 0.4) is 0 Å². The summed E-state index contributed by atoms with van der Waals surface area (Å²) in [6.07, 6.45) is 0.192. The Hall–Kier alpha value is -1.51. The topological polar surface area (TPSA) is 89.3 Å². The predicted molar refractivity (Wildman–Crippen MR) is 105 cm³/mol. The van der Waals surface area contributed by atoms with Crippen molar-refractivity contribution in [1.82, 2.24) is 5.32 Å². The van der Waals surface area contributed by atoms with Crippen LogP contribution >= 0.6 is 31.9 Å². The van der Waals surface area contributed by atoms with E-state index in [2.05, 4.69) is 37.2 Å². The Morgan fingerprint density at radius 2 is 1.68 bits per heavy atom. The number of amides is 2. The van der Waals surface area contributed by atoms with Crippen LogP contribution < -0.4 is 11.1 Å². The molecule has 0 unspecified atom stereocenters. The largest absolute Gasteiger partial charge is 0.368 e. The highest BCUT2D eigenvalue weighted by molar-refractivity contribution is 9.11. The molecule has 0 saturated carbocycles. The van der Waals surface area contributed by atoms with Crippen molar-refractivity contribution in [1.29, 1.82) is 0 Å². The average Bonchev–Trinajstić information content (AvgIpc) is 2.57. The maximum atomic E-state index is 12.3. The quantitative estimate of drug-likeness (QED) is 0.629. The van der Waals surface area contributed by atoms with E-state index in [1.54, 1.807) is 42.5 Å². The molecule has 3 N–H and O–H groups in total. The number of nitrogens with two attached hydrogens (primary N) is 1. The van der Waals surface area contributed by atoms with Crippen molar-refractivity contribution >= 4 is 54.5 Å². The molecule has 0 heterocycles. The minimum Gasteiger partial charge on any atom is -0.368 e. The summed E-state index contributed by atoms with van der Waals surface area (Å²) in [5.41, 5.74) is 5.76. The first-order valence-electron chi connectivity index (χ1n) is 7.36. The van der Waals surface area contributed by atoms with E-state index in [4.69, 9.17) is 5.73 Å². The van der Waals surface area contributed by atoms with Gasteiger partial charge in [-0.05, 0) is 36.8 Å². The van der Waals surface area contributed by atoms with E-state index in [0.29, 0.717) is 10.5 Å². The summed E-state index contributed by atoms with van der Waals surface area (Å²) < 4.78 is 13.7. The van der Waals surface area contributed by atoms with E-state index in [1.165, 1.54) is 0 Å². The van der Waals surface area contributed by atoms with Crippen LogP contribution in [0.25, 0.3) is 0 Å². The van der Waals surface area contributed by atoms with Gasteiger partial charge in [-0.3, -0.25) is 13.8 Å². The number of nitrogens with one attached hydrogen (secondary N) is 1. The first kappa shape index (κ1) is 19.8. The second-order valence-corrected chi connectivity index (χ2v) is 8.64. The van der Waals surface area contributed by atoms with Crippen molar-refractivity contribution < 1.29 is 13.8 Å². The first-order chi connectivity index (χ1) is 11.9. The highest BCUT2D eigenvalue weighted by atomic mass is 79.9. The number of carbonyl (C=O) groups excluding carboxylic acids is 2. The lowest BCUT2D eigenvalue weighted by Crippen LogP contribution is -2.45. The molecule has 0 radical (unpaired) electrons. The van der Waals surface area contributed by atoms with Crippen LogP contribution in [0.4, 0.5) is 0 Å². The van der Waals surface area contributed by atoms with Crippen LogP contribution in [0.15, 0.2) is 62.4 Å². The number of benzene rings is 2. The number of hydrogen-bond acceptors (Lipinski definition) is 3. The van der Waals surface area contributed by atoms with Crippen molar-refractivity contribution in [3.8, 4) is 0 Å². The van der Waals surface area contributed by atoms with E-state index < -0.39 is 28.7 Å². The number of carbonyl (C=O) groups is 2. The van der Waals surface area contributed by atoms with Gasteiger partial charge in [0.2, 0.25) is 5.91 Å². The third kappa shape index (κ3) is 6.05. The molecule has 8 heteroatoms. The van der Waals surface area contributed by atoms with E-state index in [9.17, 15) is 13.8 Å².